The van der Waals surface area contributed by atoms with E-state index in [-0.39, 0.29) is 27.0 Å². The Hall–Kier alpha value is -3.68. The zero-order chi connectivity index (χ0) is 39.9. The van der Waals surface area contributed by atoms with Crippen molar-refractivity contribution in [3.8, 4) is 11.8 Å². The minimum Gasteiger partial charge on any atom is -0.778 e. The first-order valence-corrected chi connectivity index (χ1v) is 18.9. The second-order valence-electron chi connectivity index (χ2n) is 10.4. The largest absolute Gasteiger partial charge is 0.778 e. The van der Waals surface area contributed by atoms with E-state index in [0.29, 0.717) is 35.5 Å². The van der Waals surface area contributed by atoms with Crippen molar-refractivity contribution < 1.29 is 42.3 Å². The summed E-state index contributed by atoms with van der Waals surface area (Å²) in [6.45, 7) is 5.56. The van der Waals surface area contributed by atoms with Crippen molar-refractivity contribution >= 4 is 82.7 Å². The molecule has 0 aliphatic rings. The molecule has 0 radical (unpaired) electrons. The lowest BCUT2D eigenvalue weighted by Gasteiger charge is -2.17. The Labute approximate surface area is 307 Å². The molecule has 3 rings (SSSR count). The minimum atomic E-state index is -4.63. The van der Waals surface area contributed by atoms with Gasteiger partial charge in [0.25, 0.3) is 0 Å². The van der Waals surface area contributed by atoms with Crippen LogP contribution in [0.2, 0.25) is 15.3 Å². The van der Waals surface area contributed by atoms with Gasteiger partial charge in [-0.25, -0.2) is 4.68 Å². The zero-order valence-electron chi connectivity index (χ0n) is 27.6. The summed E-state index contributed by atoms with van der Waals surface area (Å²) in [5, 5.41) is 38.2. The predicted molar refractivity (Wildman–Crippen MR) is 187 cm³/mol. The average Bonchev–Trinajstić information content (AvgIpc) is 3.32. The van der Waals surface area contributed by atoms with Crippen molar-refractivity contribution in [1.29, 1.82) is 5.26 Å². The number of nitrogens with two attached hydrogens (primary N) is 1. The molecule has 18 nitrogen and oxygen atoms in total. The molecular formula is C25H34Cl3F3N11O7PS. The molecule has 2 aromatic heterocycles. The molecular weight excluding hydrogens is 793 g/mol. The molecule has 0 amide bonds. The van der Waals surface area contributed by atoms with E-state index in [1.54, 1.807) is 13.8 Å². The molecule has 26 heteroatoms. The van der Waals surface area contributed by atoms with Crippen LogP contribution in [0.25, 0.3) is 5.69 Å². The molecule has 7 N–H and O–H groups in total. The molecule has 1 aromatic carbocycles. The first kappa shape index (κ1) is 47.3. The number of carboxylic acids is 1. The van der Waals surface area contributed by atoms with E-state index < -0.39 is 60.1 Å². The van der Waals surface area contributed by atoms with E-state index in [0.717, 1.165) is 10.9 Å². The van der Waals surface area contributed by atoms with E-state index in [9.17, 15) is 37.5 Å². The van der Waals surface area contributed by atoms with Crippen molar-refractivity contribution in [2.45, 2.75) is 32.5 Å². The molecule has 0 spiro atoms. The summed E-state index contributed by atoms with van der Waals surface area (Å²) >= 11 is 17.3. The quantitative estimate of drug-likeness (QED) is 0.0728. The zero-order valence-corrected chi connectivity index (χ0v) is 31.6. The lowest BCUT2D eigenvalue weighted by atomic mass is 10.1. The van der Waals surface area contributed by atoms with Crippen LogP contribution in [-0.2, 0) is 26.4 Å². The number of hydrogen-bond donors (Lipinski definition) is 6. The summed E-state index contributed by atoms with van der Waals surface area (Å²) in [5.74, 6) is -0.904. The van der Waals surface area contributed by atoms with Gasteiger partial charge in [0.05, 0.1) is 58.2 Å². The van der Waals surface area contributed by atoms with Gasteiger partial charge in [0.15, 0.2) is 0 Å². The number of nitrogens with one attached hydrogen (secondary N) is 3. The number of nitrogens with zero attached hydrogens (tertiary/aromatic N) is 7. The monoisotopic (exact) mass is 825 g/mol. The number of carbonyl (C=O) groups is 1. The molecule has 51 heavy (non-hydrogen) atoms. The van der Waals surface area contributed by atoms with Crippen LogP contribution in [0, 0.1) is 21.4 Å². The lowest BCUT2D eigenvalue weighted by molar-refractivity contribution is -0.383. The van der Waals surface area contributed by atoms with Gasteiger partial charge >= 0.3 is 17.8 Å². The maximum Gasteiger partial charge on any atom is 0.416 e. The molecule has 0 saturated carbocycles. The molecule has 1 atom stereocenters. The molecule has 0 bridgehead atoms. The third-order valence-corrected chi connectivity index (χ3v) is 6.14. The SMILES string of the molecule is CCNc1nc(Cl)nc(NC(C)(C)C#N)n1.C[S+](C)C.Nc1c([N+](=O)[O-])cnn1-c1c(Cl)cc(C(F)(F)F)cc1Cl.O=C(O)CNCP(=O)([O-])O. The van der Waals surface area contributed by atoms with Crippen LogP contribution in [0.3, 0.4) is 0 Å². The van der Waals surface area contributed by atoms with Gasteiger partial charge in [-0.15, -0.1) is 0 Å². The smallest absolute Gasteiger partial charge is 0.416 e. The van der Waals surface area contributed by atoms with Crippen LogP contribution >= 0.6 is 42.4 Å². The first-order chi connectivity index (χ1) is 23.2. The number of benzene rings is 1. The number of nitrogen functional groups attached to an aromatic ring is 1. The summed E-state index contributed by atoms with van der Waals surface area (Å²) < 4.78 is 48.6. The predicted octanol–water partition coefficient (Wildman–Crippen LogP) is 4.02. The molecule has 3 aromatic rings. The molecule has 1 unspecified atom stereocenters. The Balaban J connectivity index is 0.000000737. The van der Waals surface area contributed by atoms with E-state index >= 15 is 0 Å². The normalized spacial score (nSPS) is 12.0. The lowest BCUT2D eigenvalue weighted by Crippen LogP contribution is -2.29. The fourth-order valence-corrected chi connectivity index (χ4v) is 4.06. The number of anilines is 3. The fourth-order valence-electron chi connectivity index (χ4n) is 2.85. The van der Waals surface area contributed by atoms with E-state index in [2.05, 4.69) is 55.5 Å². The number of halogens is 6. The van der Waals surface area contributed by atoms with Crippen LogP contribution in [-0.4, -0.2) is 89.3 Å². The maximum absolute atomic E-state index is 12.6. The second kappa shape index (κ2) is 21.0. The average molecular weight is 827 g/mol. The number of alkyl halides is 3. The third kappa shape index (κ3) is 18.9. The topological polar surface area (TPSA) is 283 Å². The minimum absolute atomic E-state index is 0.0854. The fraction of sp³-hybridized carbons (Fsp3) is 0.440. The number of aliphatic carboxylic acids is 1. The van der Waals surface area contributed by atoms with Gasteiger partial charge in [-0.2, -0.15) is 38.5 Å². The van der Waals surface area contributed by atoms with Crippen LogP contribution in [0.4, 0.5) is 36.6 Å². The van der Waals surface area contributed by atoms with Gasteiger partial charge in [0.1, 0.15) is 25.0 Å². The second-order valence-corrected chi connectivity index (χ2v) is 15.5. The van der Waals surface area contributed by atoms with E-state index in [1.165, 1.54) is 0 Å². The molecule has 0 aliphatic carbocycles. The van der Waals surface area contributed by atoms with Crippen molar-refractivity contribution in [2.24, 2.45) is 0 Å². The maximum atomic E-state index is 12.6. The van der Waals surface area contributed by atoms with Gasteiger partial charge in [-0.1, -0.05) is 23.2 Å². The highest BCUT2D eigenvalue weighted by molar-refractivity contribution is 7.94. The molecule has 0 aliphatic heterocycles. The molecule has 284 valence electrons. The van der Waals surface area contributed by atoms with Gasteiger partial charge in [0, 0.05) is 6.54 Å². The summed E-state index contributed by atoms with van der Waals surface area (Å²) in [7, 11) is -3.71. The van der Waals surface area contributed by atoms with E-state index in [1.807, 2.05) is 12.2 Å². The van der Waals surface area contributed by atoms with Crippen LogP contribution in [0.1, 0.15) is 26.3 Å². The van der Waals surface area contributed by atoms with Gasteiger partial charge < -0.3 is 35.8 Å². The number of aromatic nitrogens is 5. The van der Waals surface area contributed by atoms with E-state index in [4.69, 9.17) is 55.8 Å². The van der Waals surface area contributed by atoms with Crippen molar-refractivity contribution in [1.82, 2.24) is 30.0 Å². The summed E-state index contributed by atoms with van der Waals surface area (Å²) in [6.07, 6.45) is 2.09. The number of carboxylic acid groups (broad SMARTS) is 1. The number of nitro groups is 1. The van der Waals surface area contributed by atoms with Gasteiger partial charge in [-0.3, -0.25) is 20.2 Å². The highest BCUT2D eigenvalue weighted by Gasteiger charge is 2.33. The van der Waals surface area contributed by atoms with Crippen molar-refractivity contribution in [3.05, 3.63) is 49.3 Å². The van der Waals surface area contributed by atoms with Crippen LogP contribution in [0.5, 0.6) is 0 Å². The number of nitriles is 1. The summed E-state index contributed by atoms with van der Waals surface area (Å²) in [4.78, 5) is 49.5. The van der Waals surface area contributed by atoms with Crippen molar-refractivity contribution in [2.75, 3.05) is 54.5 Å². The Morgan fingerprint density at radius 1 is 1.16 bits per heavy atom. The third-order valence-electron chi connectivity index (χ3n) is 4.77. The number of rotatable bonds is 10. The molecule has 2 heterocycles. The Morgan fingerprint density at radius 2 is 1.67 bits per heavy atom. The van der Waals surface area contributed by atoms with Gasteiger partial charge in [0.2, 0.25) is 23.0 Å². The standard InChI is InChI=1S/C10H5Cl2F3N4O2.C9H13ClN6.C3H8NO5P.C3H9S/c11-5-1-4(10(13,14)15)2-6(12)8(5)18-9(16)7(3-17-18)19(20)21;1-4-12-7-13-6(10)14-8(15-7)16-9(2,3)5-11;5-3(6)1-4-2-10(7,8)9;1-4(2)3/h1-3H,16H2;4H2,1-3H3,(H2,12,13,14,15,16);4H,1-2H2,(H,5,6)(H2,7,8,9);1-3H3/q;;;+1/p-1. The number of hydrogen-bond acceptors (Lipinski definition) is 14. The Kier molecular flexibility index (Phi) is 19.5. The first-order valence-electron chi connectivity index (χ1n) is 13.6. The van der Waals surface area contributed by atoms with Gasteiger partial charge in [-0.05, 0) is 55.4 Å². The molecule has 0 saturated heterocycles. The highest BCUT2D eigenvalue weighted by atomic mass is 35.5. The Morgan fingerprint density at radius 3 is 2.06 bits per heavy atom. The van der Waals surface area contributed by atoms with Crippen LogP contribution in [0.15, 0.2) is 18.3 Å². The summed E-state index contributed by atoms with van der Waals surface area (Å²) in [6, 6.07) is 3.35. The summed E-state index contributed by atoms with van der Waals surface area (Å²) in [5.41, 5.74) is 3.03. The van der Waals surface area contributed by atoms with Crippen molar-refractivity contribution in [3.63, 3.8) is 0 Å². The highest BCUT2D eigenvalue weighted by Crippen LogP contribution is 2.39. The molecule has 0 fully saturated rings. The Bertz CT molecular complexity index is 1700. The van der Waals surface area contributed by atoms with Crippen LogP contribution < -0.4 is 26.6 Å².